The van der Waals surface area contributed by atoms with Crippen LogP contribution >= 0.6 is 0 Å². The molecule has 1 heterocycles. The van der Waals surface area contributed by atoms with E-state index in [9.17, 15) is 4.79 Å². The number of carbonyl (C=O) groups is 1. The number of nitrogens with two attached hydrogens (primary N) is 1. The third kappa shape index (κ3) is 5.73. The van der Waals surface area contributed by atoms with Gasteiger partial charge in [-0.1, -0.05) is 78.9 Å². The maximum atomic E-state index is 13.6. The van der Waals surface area contributed by atoms with Crippen LogP contribution in [0.4, 0.5) is 4.79 Å². The molecule has 2 N–H and O–H groups in total. The van der Waals surface area contributed by atoms with Gasteiger partial charge in [-0.05, 0) is 73.5 Å². The molecule has 0 saturated carbocycles. The Bertz CT molecular complexity index is 1140. The van der Waals surface area contributed by atoms with E-state index in [1.54, 1.807) is 0 Å². The minimum atomic E-state index is -0.264. The summed E-state index contributed by atoms with van der Waals surface area (Å²) < 4.78 is 6.06. The molecule has 37 heavy (non-hydrogen) atoms. The van der Waals surface area contributed by atoms with E-state index in [0.29, 0.717) is 31.7 Å². The molecule has 1 aliphatic heterocycles. The summed E-state index contributed by atoms with van der Waals surface area (Å²) in [6.07, 6.45) is 1.91. The molecule has 0 radical (unpaired) electrons. The standard InChI is InChI=1S/C32H39N3O2/c1-23(2)34-18-16-24(17-19-34)20-35(21-31(33)25-10-4-3-5-11-25)32(36)37-22-30-28-14-8-6-12-26(28)27-13-7-9-15-29(27)30/h3-15,23-24,30-31H,16-22,33H2,1-2H3. The molecule has 5 rings (SSSR count). The Kier molecular flexibility index (Phi) is 7.92. The van der Waals surface area contributed by atoms with Gasteiger partial charge in [-0.2, -0.15) is 0 Å². The maximum absolute atomic E-state index is 13.6. The van der Waals surface area contributed by atoms with E-state index in [-0.39, 0.29) is 18.1 Å². The highest BCUT2D eigenvalue weighted by Gasteiger charge is 2.31. The SMILES string of the molecule is CC(C)N1CCC(CN(CC(N)c2ccccc2)C(=O)OCC2c3ccccc3-c3ccccc32)CC1. The van der Waals surface area contributed by atoms with Crippen LogP contribution in [-0.4, -0.2) is 54.7 Å². The molecule has 1 unspecified atom stereocenters. The normalized spacial score (nSPS) is 16.9. The van der Waals surface area contributed by atoms with Crippen molar-refractivity contribution < 1.29 is 9.53 Å². The monoisotopic (exact) mass is 497 g/mol. The van der Waals surface area contributed by atoms with Crippen molar-refractivity contribution in [1.82, 2.24) is 9.80 Å². The Morgan fingerprint density at radius 3 is 2.08 bits per heavy atom. The first-order valence-electron chi connectivity index (χ1n) is 13.7. The van der Waals surface area contributed by atoms with Crippen molar-refractivity contribution in [2.45, 2.75) is 44.7 Å². The van der Waals surface area contributed by atoms with Crippen LogP contribution in [0.5, 0.6) is 0 Å². The molecule has 2 aliphatic rings. The predicted molar refractivity (Wildman–Crippen MR) is 149 cm³/mol. The highest BCUT2D eigenvalue weighted by molar-refractivity contribution is 5.79. The van der Waals surface area contributed by atoms with Crippen LogP contribution in [0.3, 0.4) is 0 Å². The van der Waals surface area contributed by atoms with Gasteiger partial charge < -0.3 is 20.3 Å². The number of fused-ring (bicyclic) bond motifs is 3. The van der Waals surface area contributed by atoms with E-state index in [4.69, 9.17) is 10.5 Å². The lowest BCUT2D eigenvalue weighted by Gasteiger charge is -2.37. The second-order valence-electron chi connectivity index (χ2n) is 10.8. The lowest BCUT2D eigenvalue weighted by molar-refractivity contribution is 0.0784. The Morgan fingerprint density at radius 1 is 0.919 bits per heavy atom. The summed E-state index contributed by atoms with van der Waals surface area (Å²) in [7, 11) is 0. The topological polar surface area (TPSA) is 58.8 Å². The first-order chi connectivity index (χ1) is 18.0. The molecule has 3 aromatic rings. The van der Waals surface area contributed by atoms with Gasteiger partial charge in [0, 0.05) is 31.1 Å². The maximum Gasteiger partial charge on any atom is 0.409 e. The Labute approximate surface area is 221 Å². The quantitative estimate of drug-likeness (QED) is 0.411. The van der Waals surface area contributed by atoms with Crippen LogP contribution in [0.2, 0.25) is 0 Å². The summed E-state index contributed by atoms with van der Waals surface area (Å²) in [5, 5.41) is 0. The van der Waals surface area contributed by atoms with E-state index in [0.717, 1.165) is 31.5 Å². The molecule has 194 valence electrons. The van der Waals surface area contributed by atoms with Crippen LogP contribution in [0, 0.1) is 5.92 Å². The zero-order valence-electron chi connectivity index (χ0n) is 22.1. The van der Waals surface area contributed by atoms with Crippen molar-refractivity contribution in [3.8, 4) is 11.1 Å². The Morgan fingerprint density at radius 2 is 1.49 bits per heavy atom. The summed E-state index contributed by atoms with van der Waals surface area (Å²) in [5.41, 5.74) is 12.5. The van der Waals surface area contributed by atoms with Gasteiger partial charge >= 0.3 is 6.09 Å². The van der Waals surface area contributed by atoms with Crippen molar-refractivity contribution in [2.75, 3.05) is 32.8 Å². The summed E-state index contributed by atoms with van der Waals surface area (Å²) in [6, 6.07) is 27.2. The van der Waals surface area contributed by atoms with Crippen LogP contribution in [-0.2, 0) is 4.74 Å². The molecule has 3 aromatic carbocycles. The molecule has 1 fully saturated rings. The number of piperidine rings is 1. The van der Waals surface area contributed by atoms with E-state index in [2.05, 4.69) is 67.3 Å². The van der Waals surface area contributed by atoms with Crippen LogP contribution in [0.1, 0.15) is 55.3 Å². The van der Waals surface area contributed by atoms with E-state index < -0.39 is 0 Å². The van der Waals surface area contributed by atoms with Crippen molar-refractivity contribution in [1.29, 1.82) is 0 Å². The zero-order chi connectivity index (χ0) is 25.8. The largest absolute Gasteiger partial charge is 0.448 e. The number of benzene rings is 3. The summed E-state index contributed by atoms with van der Waals surface area (Å²) in [5.74, 6) is 0.508. The molecule has 5 nitrogen and oxygen atoms in total. The lowest BCUT2D eigenvalue weighted by Crippen LogP contribution is -2.45. The average Bonchev–Trinajstić information content (AvgIpc) is 3.25. The lowest BCUT2D eigenvalue weighted by atomic mass is 9.95. The summed E-state index contributed by atoms with van der Waals surface area (Å²) >= 11 is 0. The predicted octanol–water partition coefficient (Wildman–Crippen LogP) is 6.06. The molecule has 0 aromatic heterocycles. The zero-order valence-corrected chi connectivity index (χ0v) is 22.1. The molecule has 1 saturated heterocycles. The molecule has 1 atom stereocenters. The number of likely N-dealkylation sites (tertiary alicyclic amines) is 1. The van der Waals surface area contributed by atoms with Gasteiger partial charge in [0.15, 0.2) is 0 Å². The second-order valence-corrected chi connectivity index (χ2v) is 10.8. The van der Waals surface area contributed by atoms with Crippen LogP contribution in [0.15, 0.2) is 78.9 Å². The number of hydrogen-bond acceptors (Lipinski definition) is 4. The average molecular weight is 498 g/mol. The highest BCUT2D eigenvalue weighted by Crippen LogP contribution is 2.44. The molecule has 0 bridgehead atoms. The van der Waals surface area contributed by atoms with E-state index in [1.807, 2.05) is 35.2 Å². The van der Waals surface area contributed by atoms with Gasteiger partial charge in [-0.25, -0.2) is 4.79 Å². The van der Waals surface area contributed by atoms with Gasteiger partial charge in [-0.15, -0.1) is 0 Å². The van der Waals surface area contributed by atoms with Crippen LogP contribution < -0.4 is 5.73 Å². The second kappa shape index (κ2) is 11.5. The van der Waals surface area contributed by atoms with Gasteiger partial charge in [0.25, 0.3) is 0 Å². The Balaban J connectivity index is 1.29. The first kappa shape index (κ1) is 25.5. The number of hydrogen-bond donors (Lipinski definition) is 1. The van der Waals surface area contributed by atoms with Crippen molar-refractivity contribution in [3.63, 3.8) is 0 Å². The number of amides is 1. The van der Waals surface area contributed by atoms with Gasteiger partial charge in [0.2, 0.25) is 0 Å². The summed E-state index contributed by atoms with van der Waals surface area (Å²) in [6.45, 7) is 8.12. The van der Waals surface area contributed by atoms with Crippen molar-refractivity contribution in [3.05, 3.63) is 95.6 Å². The third-order valence-electron chi connectivity index (χ3n) is 8.10. The minimum absolute atomic E-state index is 0.0512. The Hall–Kier alpha value is -3.15. The molecular formula is C32H39N3O2. The number of carbonyl (C=O) groups excluding carboxylic acids is 1. The van der Waals surface area contributed by atoms with Crippen molar-refractivity contribution >= 4 is 6.09 Å². The van der Waals surface area contributed by atoms with E-state index >= 15 is 0 Å². The summed E-state index contributed by atoms with van der Waals surface area (Å²) in [4.78, 5) is 18.0. The fourth-order valence-corrected chi connectivity index (χ4v) is 5.92. The van der Waals surface area contributed by atoms with Crippen LogP contribution in [0.25, 0.3) is 11.1 Å². The first-order valence-corrected chi connectivity index (χ1v) is 13.7. The third-order valence-corrected chi connectivity index (χ3v) is 8.10. The number of ether oxygens (including phenoxy) is 1. The fourth-order valence-electron chi connectivity index (χ4n) is 5.92. The molecule has 1 amide bonds. The fraction of sp³-hybridized carbons (Fsp3) is 0.406. The number of nitrogens with zero attached hydrogens (tertiary/aromatic N) is 2. The van der Waals surface area contributed by atoms with Crippen molar-refractivity contribution in [2.24, 2.45) is 11.7 Å². The van der Waals surface area contributed by atoms with Gasteiger partial charge in [-0.3, -0.25) is 0 Å². The van der Waals surface area contributed by atoms with E-state index in [1.165, 1.54) is 22.3 Å². The molecular weight excluding hydrogens is 458 g/mol. The molecule has 1 aliphatic carbocycles. The number of rotatable bonds is 8. The highest BCUT2D eigenvalue weighted by atomic mass is 16.6. The van der Waals surface area contributed by atoms with Gasteiger partial charge in [0.1, 0.15) is 6.61 Å². The van der Waals surface area contributed by atoms with Gasteiger partial charge in [0.05, 0.1) is 0 Å². The minimum Gasteiger partial charge on any atom is -0.448 e. The molecule has 0 spiro atoms. The molecule has 5 heteroatoms. The smallest absolute Gasteiger partial charge is 0.409 e.